The average Bonchev–Trinajstić information content (AvgIpc) is 2.62. The number of benzene rings is 1. The SMILES string of the molecule is CCN(CC)S(=O)(=O)c1ccc([C@@H](C)N[C@@H](C)C(=O)NC(=O)OC)cc1. The Balaban J connectivity index is 2.82. The summed E-state index contributed by atoms with van der Waals surface area (Å²) in [5, 5.41) is 5.14. The van der Waals surface area contributed by atoms with E-state index in [-0.39, 0.29) is 10.9 Å². The van der Waals surface area contributed by atoms with E-state index in [0.29, 0.717) is 13.1 Å². The molecule has 146 valence electrons. The number of sulfonamides is 1. The van der Waals surface area contributed by atoms with E-state index in [0.717, 1.165) is 5.56 Å². The number of amides is 2. The monoisotopic (exact) mass is 385 g/mol. The molecule has 2 N–H and O–H groups in total. The standard InChI is InChI=1S/C17H27N3O5S/c1-6-20(7-2)26(23,24)15-10-8-14(9-11-15)12(3)18-13(4)16(21)19-17(22)25-5/h8-13,18H,6-7H2,1-5H3,(H,19,21,22)/t12-,13+/m1/s1. The van der Waals surface area contributed by atoms with Crippen LogP contribution in [-0.4, -0.2) is 51.0 Å². The molecular weight excluding hydrogens is 358 g/mol. The lowest BCUT2D eigenvalue weighted by molar-refractivity contribution is -0.122. The Morgan fingerprint density at radius 3 is 2.12 bits per heavy atom. The molecule has 0 radical (unpaired) electrons. The molecule has 0 aliphatic heterocycles. The van der Waals surface area contributed by atoms with E-state index in [1.165, 1.54) is 11.4 Å². The van der Waals surface area contributed by atoms with Gasteiger partial charge in [-0.05, 0) is 31.5 Å². The number of hydrogen-bond donors (Lipinski definition) is 2. The maximum atomic E-state index is 12.5. The highest BCUT2D eigenvalue weighted by Gasteiger charge is 2.22. The molecule has 0 bridgehead atoms. The summed E-state index contributed by atoms with van der Waals surface area (Å²) in [6.07, 6.45) is -0.817. The Hall–Kier alpha value is -1.97. The van der Waals surface area contributed by atoms with Crippen LogP contribution in [-0.2, 0) is 19.6 Å². The van der Waals surface area contributed by atoms with Gasteiger partial charge in [-0.1, -0.05) is 26.0 Å². The second kappa shape index (κ2) is 9.65. The number of alkyl carbamates (subject to hydrolysis) is 1. The summed E-state index contributed by atoms with van der Waals surface area (Å²) in [5.74, 6) is -0.510. The van der Waals surface area contributed by atoms with E-state index < -0.39 is 28.1 Å². The summed E-state index contributed by atoms with van der Waals surface area (Å²) in [5.41, 5.74) is 0.821. The van der Waals surface area contributed by atoms with Crippen molar-refractivity contribution in [2.75, 3.05) is 20.2 Å². The number of carbonyl (C=O) groups is 2. The molecule has 1 aromatic rings. The molecule has 26 heavy (non-hydrogen) atoms. The third kappa shape index (κ3) is 5.52. The molecule has 0 aliphatic rings. The molecule has 0 aromatic heterocycles. The van der Waals surface area contributed by atoms with Gasteiger partial charge < -0.3 is 4.74 Å². The molecule has 1 rings (SSSR count). The fourth-order valence-electron chi connectivity index (χ4n) is 2.45. The van der Waals surface area contributed by atoms with Crippen LogP contribution in [0.4, 0.5) is 4.79 Å². The molecule has 2 atom stereocenters. The first-order valence-electron chi connectivity index (χ1n) is 8.42. The zero-order valence-electron chi connectivity index (χ0n) is 15.8. The number of ether oxygens (including phenoxy) is 1. The highest BCUT2D eigenvalue weighted by atomic mass is 32.2. The van der Waals surface area contributed by atoms with Crippen LogP contribution in [0.5, 0.6) is 0 Å². The van der Waals surface area contributed by atoms with Gasteiger partial charge in [0.25, 0.3) is 0 Å². The largest absolute Gasteiger partial charge is 0.453 e. The molecule has 0 unspecified atom stereocenters. The van der Waals surface area contributed by atoms with Crippen LogP contribution >= 0.6 is 0 Å². The first kappa shape index (κ1) is 22.1. The summed E-state index contributed by atoms with van der Waals surface area (Å²) in [6.45, 7) is 7.87. The van der Waals surface area contributed by atoms with E-state index in [1.54, 1.807) is 45.0 Å². The summed E-state index contributed by atoms with van der Waals surface area (Å²) in [6, 6.07) is 5.67. The smallest absolute Gasteiger partial charge is 0.413 e. The van der Waals surface area contributed by atoms with Crippen molar-refractivity contribution in [1.82, 2.24) is 14.9 Å². The quantitative estimate of drug-likeness (QED) is 0.705. The maximum absolute atomic E-state index is 12.5. The maximum Gasteiger partial charge on any atom is 0.413 e. The first-order chi connectivity index (χ1) is 12.2. The minimum Gasteiger partial charge on any atom is -0.453 e. The molecule has 2 amide bonds. The lowest BCUT2D eigenvalue weighted by Crippen LogP contribution is -2.45. The zero-order valence-corrected chi connectivity index (χ0v) is 16.6. The van der Waals surface area contributed by atoms with Crippen molar-refractivity contribution in [2.45, 2.75) is 44.7 Å². The molecule has 0 heterocycles. The van der Waals surface area contributed by atoms with Gasteiger partial charge in [0, 0.05) is 19.1 Å². The fraction of sp³-hybridized carbons (Fsp3) is 0.529. The number of imide groups is 1. The van der Waals surface area contributed by atoms with E-state index in [4.69, 9.17) is 0 Å². The normalized spacial score (nSPS) is 13.9. The summed E-state index contributed by atoms with van der Waals surface area (Å²) < 4.78 is 30.8. The van der Waals surface area contributed by atoms with E-state index in [1.807, 2.05) is 6.92 Å². The van der Waals surface area contributed by atoms with Crippen LogP contribution in [0.1, 0.15) is 39.3 Å². The van der Waals surface area contributed by atoms with Crippen molar-refractivity contribution in [3.63, 3.8) is 0 Å². The molecule has 1 aromatic carbocycles. The second-order valence-corrected chi connectivity index (χ2v) is 7.69. The molecule has 0 aliphatic carbocycles. The van der Waals surface area contributed by atoms with Gasteiger partial charge in [0.05, 0.1) is 18.0 Å². The van der Waals surface area contributed by atoms with Crippen LogP contribution in [0.2, 0.25) is 0 Å². The summed E-state index contributed by atoms with van der Waals surface area (Å²) >= 11 is 0. The lowest BCUT2D eigenvalue weighted by Gasteiger charge is -2.21. The predicted molar refractivity (Wildman–Crippen MR) is 98.1 cm³/mol. The number of carbonyl (C=O) groups excluding carboxylic acids is 2. The zero-order chi connectivity index (χ0) is 19.9. The van der Waals surface area contributed by atoms with E-state index in [9.17, 15) is 18.0 Å². The van der Waals surface area contributed by atoms with E-state index in [2.05, 4.69) is 15.4 Å². The van der Waals surface area contributed by atoms with Gasteiger partial charge in [-0.25, -0.2) is 13.2 Å². The van der Waals surface area contributed by atoms with Crippen LogP contribution in [0.25, 0.3) is 0 Å². The Morgan fingerprint density at radius 2 is 1.65 bits per heavy atom. The summed E-state index contributed by atoms with van der Waals surface area (Å²) in [7, 11) is -2.32. The van der Waals surface area contributed by atoms with E-state index >= 15 is 0 Å². The van der Waals surface area contributed by atoms with Crippen LogP contribution < -0.4 is 10.6 Å². The van der Waals surface area contributed by atoms with Crippen LogP contribution in [0, 0.1) is 0 Å². The van der Waals surface area contributed by atoms with Gasteiger partial charge in [-0.15, -0.1) is 0 Å². The Morgan fingerprint density at radius 1 is 1.12 bits per heavy atom. The molecule has 0 spiro atoms. The lowest BCUT2D eigenvalue weighted by atomic mass is 10.1. The Bertz CT molecular complexity index is 714. The van der Waals surface area contributed by atoms with Crippen molar-refractivity contribution in [2.24, 2.45) is 0 Å². The average molecular weight is 385 g/mol. The fourth-order valence-corrected chi connectivity index (χ4v) is 3.91. The molecule has 0 saturated heterocycles. The molecular formula is C17H27N3O5S. The van der Waals surface area contributed by atoms with Gasteiger partial charge in [0.15, 0.2) is 0 Å². The highest BCUT2D eigenvalue weighted by molar-refractivity contribution is 7.89. The third-order valence-corrected chi connectivity index (χ3v) is 6.09. The van der Waals surface area contributed by atoms with Crippen molar-refractivity contribution in [1.29, 1.82) is 0 Å². The molecule has 8 nitrogen and oxygen atoms in total. The molecule has 0 fully saturated rings. The van der Waals surface area contributed by atoms with Crippen molar-refractivity contribution in [3.8, 4) is 0 Å². The first-order valence-corrected chi connectivity index (χ1v) is 9.86. The minimum absolute atomic E-state index is 0.224. The van der Waals surface area contributed by atoms with Gasteiger partial charge in [0.2, 0.25) is 15.9 Å². The van der Waals surface area contributed by atoms with Crippen LogP contribution in [0.3, 0.4) is 0 Å². The second-order valence-electron chi connectivity index (χ2n) is 5.75. The van der Waals surface area contributed by atoms with Crippen molar-refractivity contribution in [3.05, 3.63) is 29.8 Å². The molecule has 9 heteroatoms. The third-order valence-electron chi connectivity index (χ3n) is 4.03. The number of methoxy groups -OCH3 is 1. The van der Waals surface area contributed by atoms with Crippen molar-refractivity contribution >= 4 is 22.0 Å². The van der Waals surface area contributed by atoms with Gasteiger partial charge in [-0.2, -0.15) is 4.31 Å². The summed E-state index contributed by atoms with van der Waals surface area (Å²) in [4.78, 5) is 23.2. The number of rotatable bonds is 8. The van der Waals surface area contributed by atoms with Crippen molar-refractivity contribution < 1.29 is 22.7 Å². The molecule has 0 saturated carbocycles. The number of nitrogens with zero attached hydrogens (tertiary/aromatic N) is 1. The Kier molecular flexibility index (Phi) is 8.19. The van der Waals surface area contributed by atoms with Gasteiger partial charge in [0.1, 0.15) is 0 Å². The minimum atomic E-state index is -3.50. The number of nitrogens with one attached hydrogen (secondary N) is 2. The highest BCUT2D eigenvalue weighted by Crippen LogP contribution is 2.19. The predicted octanol–water partition coefficient (Wildman–Crippen LogP) is 1.64. The Labute approximate surface area is 155 Å². The van der Waals surface area contributed by atoms with Gasteiger partial charge in [-0.3, -0.25) is 15.4 Å². The van der Waals surface area contributed by atoms with Crippen LogP contribution in [0.15, 0.2) is 29.2 Å². The topological polar surface area (TPSA) is 105 Å². The number of hydrogen-bond acceptors (Lipinski definition) is 6. The van der Waals surface area contributed by atoms with Gasteiger partial charge >= 0.3 is 6.09 Å².